The average Bonchev–Trinajstić information content (AvgIpc) is 2.19. The van der Waals surface area contributed by atoms with E-state index in [1.54, 1.807) is 0 Å². The predicted octanol–water partition coefficient (Wildman–Crippen LogP) is 1.70. The van der Waals surface area contributed by atoms with Gasteiger partial charge in [-0.15, -0.1) is 0 Å². The van der Waals surface area contributed by atoms with Gasteiger partial charge in [0.25, 0.3) is 0 Å². The molecule has 15 heavy (non-hydrogen) atoms. The summed E-state index contributed by atoms with van der Waals surface area (Å²) < 4.78 is 0. The first-order chi connectivity index (χ1) is 6.93. The van der Waals surface area contributed by atoms with Gasteiger partial charge in [0.05, 0.1) is 5.60 Å². The summed E-state index contributed by atoms with van der Waals surface area (Å²) in [6.45, 7) is 6.35. The third kappa shape index (κ3) is 3.82. The van der Waals surface area contributed by atoms with Crippen LogP contribution >= 0.6 is 0 Å². The van der Waals surface area contributed by atoms with Gasteiger partial charge < -0.3 is 10.4 Å². The highest BCUT2D eigenvalue weighted by Gasteiger charge is 2.32. The van der Waals surface area contributed by atoms with E-state index in [1.807, 2.05) is 13.8 Å². The summed E-state index contributed by atoms with van der Waals surface area (Å²) in [7, 11) is 0. The minimum absolute atomic E-state index is 0.00360. The van der Waals surface area contributed by atoms with E-state index in [0.717, 1.165) is 25.7 Å². The minimum atomic E-state index is -0.656. The molecule has 0 aromatic heterocycles. The van der Waals surface area contributed by atoms with Gasteiger partial charge in [-0.1, -0.05) is 20.8 Å². The van der Waals surface area contributed by atoms with E-state index in [1.165, 1.54) is 0 Å². The molecule has 0 heterocycles. The molecule has 3 heteroatoms. The number of hydrogen-bond acceptors (Lipinski definition) is 2. The van der Waals surface area contributed by atoms with Crippen molar-refractivity contribution in [2.45, 2.75) is 52.1 Å². The highest BCUT2D eigenvalue weighted by Crippen LogP contribution is 2.31. The molecule has 0 spiro atoms. The zero-order valence-electron chi connectivity index (χ0n) is 10.0. The Bertz CT molecular complexity index is 218. The predicted molar refractivity (Wildman–Crippen MR) is 60.4 cm³/mol. The van der Waals surface area contributed by atoms with Crippen molar-refractivity contribution < 1.29 is 9.90 Å². The number of aliphatic hydroxyl groups is 1. The first kappa shape index (κ1) is 12.5. The molecule has 0 bridgehead atoms. The Labute approximate surface area is 92.3 Å². The van der Waals surface area contributed by atoms with Gasteiger partial charge in [-0.25, -0.2) is 0 Å². The molecule has 1 saturated carbocycles. The van der Waals surface area contributed by atoms with E-state index in [4.69, 9.17) is 0 Å². The Morgan fingerprint density at radius 1 is 1.47 bits per heavy atom. The van der Waals surface area contributed by atoms with Crippen LogP contribution in [0.25, 0.3) is 0 Å². The Balaban J connectivity index is 2.34. The molecule has 0 aromatic carbocycles. The Kier molecular flexibility index (Phi) is 4.14. The van der Waals surface area contributed by atoms with Crippen LogP contribution in [0.15, 0.2) is 0 Å². The summed E-state index contributed by atoms with van der Waals surface area (Å²) in [6, 6.07) is 0. The number of amides is 1. The molecule has 1 aliphatic rings. The maximum Gasteiger partial charge on any atom is 0.222 e. The minimum Gasteiger partial charge on any atom is -0.388 e. The SMILES string of the molecule is CC1CCC(O)(CNC(=O)C(C)C)CC1. The summed E-state index contributed by atoms with van der Waals surface area (Å²) in [4.78, 5) is 11.4. The molecule has 1 aliphatic carbocycles. The molecule has 0 atom stereocenters. The summed E-state index contributed by atoms with van der Waals surface area (Å²) in [6.07, 6.45) is 3.75. The fourth-order valence-electron chi connectivity index (χ4n) is 1.93. The molecule has 1 rings (SSSR count). The van der Waals surface area contributed by atoms with Gasteiger partial charge in [0.2, 0.25) is 5.91 Å². The largest absolute Gasteiger partial charge is 0.388 e. The van der Waals surface area contributed by atoms with Crippen molar-refractivity contribution in [1.29, 1.82) is 0 Å². The summed E-state index contributed by atoms with van der Waals surface area (Å²) in [5.74, 6) is 0.740. The van der Waals surface area contributed by atoms with Gasteiger partial charge in [-0.05, 0) is 31.6 Å². The van der Waals surface area contributed by atoms with Crippen LogP contribution in [0.1, 0.15) is 46.5 Å². The lowest BCUT2D eigenvalue weighted by Gasteiger charge is -2.35. The van der Waals surface area contributed by atoms with E-state index in [9.17, 15) is 9.90 Å². The topological polar surface area (TPSA) is 49.3 Å². The van der Waals surface area contributed by atoms with E-state index >= 15 is 0 Å². The number of carbonyl (C=O) groups is 1. The van der Waals surface area contributed by atoms with Crippen LogP contribution in [0.4, 0.5) is 0 Å². The highest BCUT2D eigenvalue weighted by molar-refractivity contribution is 5.77. The summed E-state index contributed by atoms with van der Waals surface area (Å²) in [5, 5.41) is 13.0. The highest BCUT2D eigenvalue weighted by atomic mass is 16.3. The maximum atomic E-state index is 11.4. The number of carbonyl (C=O) groups excluding carboxylic acids is 1. The van der Waals surface area contributed by atoms with E-state index in [-0.39, 0.29) is 11.8 Å². The van der Waals surface area contributed by atoms with Gasteiger partial charge >= 0.3 is 0 Å². The molecule has 0 unspecified atom stereocenters. The molecule has 0 aromatic rings. The molecule has 0 radical (unpaired) electrons. The monoisotopic (exact) mass is 213 g/mol. The molecule has 3 nitrogen and oxygen atoms in total. The van der Waals surface area contributed by atoms with Crippen molar-refractivity contribution >= 4 is 5.91 Å². The quantitative estimate of drug-likeness (QED) is 0.749. The van der Waals surface area contributed by atoms with Gasteiger partial charge in [0.1, 0.15) is 0 Å². The lowest BCUT2D eigenvalue weighted by molar-refractivity contribution is -0.125. The van der Waals surface area contributed by atoms with Crippen LogP contribution in [0.2, 0.25) is 0 Å². The average molecular weight is 213 g/mol. The molecule has 88 valence electrons. The third-order valence-corrected chi connectivity index (χ3v) is 3.32. The molecule has 1 amide bonds. The zero-order valence-corrected chi connectivity index (χ0v) is 10.0. The van der Waals surface area contributed by atoms with Crippen molar-refractivity contribution in [3.05, 3.63) is 0 Å². The Morgan fingerprint density at radius 3 is 2.47 bits per heavy atom. The molecular formula is C12H23NO2. The second-order valence-electron chi connectivity index (χ2n) is 5.28. The van der Waals surface area contributed by atoms with Crippen LogP contribution in [0.5, 0.6) is 0 Å². The zero-order chi connectivity index (χ0) is 11.5. The number of nitrogens with one attached hydrogen (secondary N) is 1. The first-order valence-corrected chi connectivity index (χ1v) is 5.93. The molecule has 2 N–H and O–H groups in total. The van der Waals surface area contributed by atoms with E-state index < -0.39 is 5.60 Å². The van der Waals surface area contributed by atoms with Crippen LogP contribution in [-0.4, -0.2) is 23.2 Å². The van der Waals surface area contributed by atoms with Crippen molar-refractivity contribution in [1.82, 2.24) is 5.32 Å². The van der Waals surface area contributed by atoms with E-state index in [2.05, 4.69) is 12.2 Å². The van der Waals surface area contributed by atoms with Crippen molar-refractivity contribution in [3.63, 3.8) is 0 Å². The fraction of sp³-hybridized carbons (Fsp3) is 0.917. The maximum absolute atomic E-state index is 11.4. The number of hydrogen-bond donors (Lipinski definition) is 2. The second kappa shape index (κ2) is 4.97. The molecule has 0 saturated heterocycles. The lowest BCUT2D eigenvalue weighted by atomic mass is 9.79. The van der Waals surface area contributed by atoms with Crippen LogP contribution in [-0.2, 0) is 4.79 Å². The third-order valence-electron chi connectivity index (χ3n) is 3.32. The van der Waals surface area contributed by atoms with Gasteiger partial charge in [-0.3, -0.25) is 4.79 Å². The number of rotatable bonds is 3. The van der Waals surface area contributed by atoms with Crippen molar-refractivity contribution in [2.75, 3.05) is 6.54 Å². The van der Waals surface area contributed by atoms with Crippen molar-refractivity contribution in [2.24, 2.45) is 11.8 Å². The molecule has 0 aliphatic heterocycles. The molecular weight excluding hydrogens is 190 g/mol. The Morgan fingerprint density at radius 2 is 2.00 bits per heavy atom. The second-order valence-corrected chi connectivity index (χ2v) is 5.28. The van der Waals surface area contributed by atoms with Crippen molar-refractivity contribution in [3.8, 4) is 0 Å². The first-order valence-electron chi connectivity index (χ1n) is 5.93. The summed E-state index contributed by atoms with van der Waals surface area (Å²) >= 11 is 0. The normalized spacial score (nSPS) is 31.7. The van der Waals surface area contributed by atoms with Gasteiger partial charge in [0, 0.05) is 12.5 Å². The summed E-state index contributed by atoms with van der Waals surface area (Å²) in [5.41, 5.74) is -0.656. The van der Waals surface area contributed by atoms with Gasteiger partial charge in [-0.2, -0.15) is 0 Å². The molecule has 1 fully saturated rings. The smallest absolute Gasteiger partial charge is 0.222 e. The van der Waals surface area contributed by atoms with Crippen LogP contribution in [0, 0.1) is 11.8 Å². The standard InChI is InChI=1S/C12H23NO2/c1-9(2)11(14)13-8-12(15)6-4-10(3)5-7-12/h9-10,15H,4-8H2,1-3H3,(H,13,14). The van der Waals surface area contributed by atoms with E-state index in [0.29, 0.717) is 12.5 Å². The lowest BCUT2D eigenvalue weighted by Crippen LogP contribution is -2.46. The Hall–Kier alpha value is -0.570. The van der Waals surface area contributed by atoms with Crippen LogP contribution < -0.4 is 5.32 Å². The fourth-order valence-corrected chi connectivity index (χ4v) is 1.93. The van der Waals surface area contributed by atoms with Crippen LogP contribution in [0.3, 0.4) is 0 Å². The van der Waals surface area contributed by atoms with Gasteiger partial charge in [0.15, 0.2) is 0 Å².